The van der Waals surface area contributed by atoms with Gasteiger partial charge in [-0.05, 0) is 56.6 Å². The van der Waals surface area contributed by atoms with Crippen LogP contribution in [0.25, 0.3) is 0 Å². The molecule has 4 amide bonds. The van der Waals surface area contributed by atoms with Crippen LogP contribution in [0.1, 0.15) is 75.7 Å². The van der Waals surface area contributed by atoms with Crippen LogP contribution in [0.5, 0.6) is 0 Å². The summed E-state index contributed by atoms with van der Waals surface area (Å²) in [5, 5.41) is 5.92. The molecule has 0 aromatic carbocycles. The largest absolute Gasteiger partial charge is 0.378 e. The molecule has 0 radical (unpaired) electrons. The van der Waals surface area contributed by atoms with Gasteiger partial charge in [-0.15, -0.1) is 0 Å². The minimum atomic E-state index is -0.742. The minimum absolute atomic E-state index is 0.0492. The van der Waals surface area contributed by atoms with Crippen molar-refractivity contribution in [1.82, 2.24) is 25.4 Å². The van der Waals surface area contributed by atoms with E-state index in [0.717, 1.165) is 25.7 Å². The lowest BCUT2D eigenvalue weighted by Gasteiger charge is -2.37. The average Bonchev–Trinajstić information content (AvgIpc) is 3.07. The summed E-state index contributed by atoms with van der Waals surface area (Å²) in [7, 11) is 0. The summed E-state index contributed by atoms with van der Waals surface area (Å²) in [5.74, 6) is -0.845. The quantitative estimate of drug-likeness (QED) is 0.587. The van der Waals surface area contributed by atoms with Gasteiger partial charge in [-0.3, -0.25) is 19.4 Å². The van der Waals surface area contributed by atoms with Gasteiger partial charge in [-0.1, -0.05) is 32.3 Å². The number of carbonyl (C=O) groups excluding carboxylic acids is 4. The minimum Gasteiger partial charge on any atom is -0.378 e. The van der Waals surface area contributed by atoms with Gasteiger partial charge in [0.25, 0.3) is 5.91 Å². The predicted octanol–water partition coefficient (Wildman–Crippen LogP) is 2.53. The molecule has 0 bridgehead atoms. The Labute approximate surface area is 224 Å². The first-order valence-electron chi connectivity index (χ1n) is 13.9. The molecule has 0 spiro atoms. The Bertz CT molecular complexity index is 991. The van der Waals surface area contributed by atoms with Crippen LogP contribution in [0.2, 0.25) is 0 Å². The first kappa shape index (κ1) is 28.0. The van der Waals surface area contributed by atoms with Gasteiger partial charge in [0.15, 0.2) is 5.78 Å². The number of hydrogen-bond acceptors (Lipinski definition) is 6. The molecule has 3 fully saturated rings. The highest BCUT2D eigenvalue weighted by atomic mass is 16.5. The number of ketones is 1. The number of nitrogens with one attached hydrogen (secondary N) is 2. The van der Waals surface area contributed by atoms with Crippen LogP contribution >= 0.6 is 0 Å². The number of hydrogen-bond donors (Lipinski definition) is 2. The maximum Gasteiger partial charge on any atom is 0.318 e. The number of likely N-dealkylation sites (tertiary alicyclic amines) is 1. The van der Waals surface area contributed by atoms with E-state index < -0.39 is 12.1 Å². The summed E-state index contributed by atoms with van der Waals surface area (Å²) in [6.07, 6.45) is 8.51. The molecule has 1 aromatic heterocycles. The number of Topliss-reactive ketones (excluding diaryl/α,β-unsaturated/α-hetero) is 1. The molecule has 3 heterocycles. The maximum atomic E-state index is 13.6. The van der Waals surface area contributed by atoms with E-state index in [1.165, 1.54) is 11.3 Å². The molecule has 2 N–H and O–H groups in total. The van der Waals surface area contributed by atoms with Crippen LogP contribution in [-0.2, 0) is 14.3 Å². The normalized spacial score (nSPS) is 24.7. The molecule has 1 aliphatic carbocycles. The van der Waals surface area contributed by atoms with Crippen molar-refractivity contribution in [2.24, 2.45) is 5.41 Å². The molecule has 4 rings (SSSR count). The second kappa shape index (κ2) is 12.7. The maximum absolute atomic E-state index is 13.6. The third kappa shape index (κ3) is 7.09. The number of pyridine rings is 1. The standard InChI is InChI=1S/C28H41N5O5/c1-20-9-10-21(24(34)19-33(20)26(36)22-8-4-7-13-29-22)30-25(35)23(18-28(2)11-5-3-6-12-28)31-27(37)32-14-16-38-17-15-32/h4,7-8,13,20-21,23H,3,5-6,9-12,14-19H2,1-2H3,(H,30,35)(H,31,37)/t20-,21+,23-/m1/s1. The second-order valence-electron chi connectivity index (χ2n) is 11.3. The number of rotatable bonds is 6. The van der Waals surface area contributed by atoms with Crippen molar-refractivity contribution in [3.8, 4) is 0 Å². The first-order chi connectivity index (χ1) is 18.3. The van der Waals surface area contributed by atoms with Gasteiger partial charge >= 0.3 is 6.03 Å². The van der Waals surface area contributed by atoms with E-state index in [-0.39, 0.29) is 41.6 Å². The topological polar surface area (TPSA) is 121 Å². The molecular weight excluding hydrogens is 486 g/mol. The Morgan fingerprint density at radius 1 is 1.13 bits per heavy atom. The van der Waals surface area contributed by atoms with Crippen LogP contribution in [0, 0.1) is 5.41 Å². The number of amides is 4. The lowest BCUT2D eigenvalue weighted by molar-refractivity contribution is -0.129. The number of carbonyl (C=O) groups is 4. The molecule has 1 saturated carbocycles. The van der Waals surface area contributed by atoms with Gasteiger partial charge in [0.1, 0.15) is 11.7 Å². The summed E-state index contributed by atoms with van der Waals surface area (Å²) in [6, 6.07) is 3.21. The van der Waals surface area contributed by atoms with E-state index in [1.54, 1.807) is 29.3 Å². The fourth-order valence-corrected chi connectivity index (χ4v) is 5.81. The number of nitrogens with zero attached hydrogens (tertiary/aromatic N) is 3. The summed E-state index contributed by atoms with van der Waals surface area (Å²) < 4.78 is 5.36. The summed E-state index contributed by atoms with van der Waals surface area (Å²) >= 11 is 0. The highest BCUT2D eigenvalue weighted by Crippen LogP contribution is 2.39. The van der Waals surface area contributed by atoms with Gasteiger partial charge in [0, 0.05) is 25.3 Å². The Morgan fingerprint density at radius 3 is 2.55 bits per heavy atom. The number of aromatic nitrogens is 1. The molecule has 10 heteroatoms. The van der Waals surface area contributed by atoms with Crippen LogP contribution in [0.15, 0.2) is 24.4 Å². The highest BCUT2D eigenvalue weighted by molar-refractivity contribution is 5.98. The van der Waals surface area contributed by atoms with Crippen molar-refractivity contribution in [3.63, 3.8) is 0 Å². The molecule has 1 aromatic rings. The van der Waals surface area contributed by atoms with Crippen molar-refractivity contribution in [3.05, 3.63) is 30.1 Å². The van der Waals surface area contributed by atoms with Crippen LogP contribution < -0.4 is 10.6 Å². The molecule has 2 saturated heterocycles. The van der Waals surface area contributed by atoms with Crippen molar-refractivity contribution in [2.45, 2.75) is 83.3 Å². The van der Waals surface area contributed by atoms with Gasteiger partial charge in [0.2, 0.25) is 5.91 Å². The summed E-state index contributed by atoms with van der Waals surface area (Å²) in [6.45, 7) is 5.92. The van der Waals surface area contributed by atoms with Crippen molar-refractivity contribution < 1.29 is 23.9 Å². The van der Waals surface area contributed by atoms with Crippen molar-refractivity contribution in [2.75, 3.05) is 32.8 Å². The van der Waals surface area contributed by atoms with Gasteiger partial charge < -0.3 is 25.2 Å². The van der Waals surface area contributed by atoms with E-state index in [1.807, 2.05) is 6.92 Å². The first-order valence-corrected chi connectivity index (χ1v) is 13.9. The fourth-order valence-electron chi connectivity index (χ4n) is 5.81. The molecule has 0 unspecified atom stereocenters. The summed E-state index contributed by atoms with van der Waals surface area (Å²) in [5.41, 5.74) is 0.244. The lowest BCUT2D eigenvalue weighted by atomic mass is 9.71. The molecule has 10 nitrogen and oxygen atoms in total. The zero-order chi connectivity index (χ0) is 27.1. The Kier molecular flexibility index (Phi) is 9.35. The van der Waals surface area contributed by atoms with E-state index >= 15 is 0 Å². The number of morpholine rings is 1. The Morgan fingerprint density at radius 2 is 1.87 bits per heavy atom. The zero-order valence-corrected chi connectivity index (χ0v) is 22.6. The van der Waals surface area contributed by atoms with E-state index in [2.05, 4.69) is 22.5 Å². The average molecular weight is 528 g/mol. The summed E-state index contributed by atoms with van der Waals surface area (Å²) in [4.78, 5) is 60.3. The fraction of sp³-hybridized carbons (Fsp3) is 0.679. The molecule has 208 valence electrons. The number of ether oxygens (including phenoxy) is 1. The van der Waals surface area contributed by atoms with Crippen molar-refractivity contribution in [1.29, 1.82) is 0 Å². The van der Waals surface area contributed by atoms with Crippen molar-refractivity contribution >= 4 is 23.6 Å². The van der Waals surface area contributed by atoms with E-state index in [0.29, 0.717) is 51.3 Å². The van der Waals surface area contributed by atoms with Gasteiger partial charge in [-0.2, -0.15) is 0 Å². The SMILES string of the molecule is C[C@@H]1CC[C@H](NC(=O)[C@@H](CC2(C)CCCCC2)NC(=O)N2CCOCC2)C(=O)CN1C(=O)c1ccccn1. The van der Waals surface area contributed by atoms with Crippen LogP contribution in [0.4, 0.5) is 4.79 Å². The number of urea groups is 1. The molecule has 3 atom stereocenters. The highest BCUT2D eigenvalue weighted by Gasteiger charge is 2.38. The molecular formula is C28H41N5O5. The zero-order valence-electron chi connectivity index (χ0n) is 22.6. The van der Waals surface area contributed by atoms with Gasteiger partial charge in [0.05, 0.1) is 25.8 Å². The third-order valence-electron chi connectivity index (χ3n) is 8.25. The predicted molar refractivity (Wildman–Crippen MR) is 141 cm³/mol. The second-order valence-corrected chi connectivity index (χ2v) is 11.3. The molecule has 38 heavy (non-hydrogen) atoms. The molecule has 3 aliphatic rings. The Balaban J connectivity index is 1.44. The van der Waals surface area contributed by atoms with E-state index in [9.17, 15) is 19.2 Å². The third-order valence-corrected chi connectivity index (χ3v) is 8.25. The monoisotopic (exact) mass is 527 g/mol. The van der Waals surface area contributed by atoms with Crippen LogP contribution in [-0.4, -0.2) is 89.4 Å². The lowest BCUT2D eigenvalue weighted by Crippen LogP contribution is -2.57. The smallest absolute Gasteiger partial charge is 0.318 e. The van der Waals surface area contributed by atoms with E-state index in [4.69, 9.17) is 4.74 Å². The Hall–Kier alpha value is -3.01. The van der Waals surface area contributed by atoms with Gasteiger partial charge in [-0.25, -0.2) is 4.79 Å². The molecule has 2 aliphatic heterocycles. The van der Waals surface area contributed by atoms with Crippen LogP contribution in [0.3, 0.4) is 0 Å².